The quantitative estimate of drug-likeness (QED) is 0.369. The van der Waals surface area contributed by atoms with E-state index >= 15 is 0 Å². The number of alkyl halides is 2. The number of benzene rings is 2. The number of guanidine groups is 1. The normalized spacial score (nSPS) is 12.7. The summed E-state index contributed by atoms with van der Waals surface area (Å²) in [6, 6.07) is 14.3. The first-order valence-corrected chi connectivity index (χ1v) is 10.3. The molecule has 0 aliphatic rings. The Hall–Kier alpha value is -2.87. The summed E-state index contributed by atoms with van der Waals surface area (Å²) >= 11 is 0. The molecule has 0 saturated heterocycles. The number of nitrogens with one attached hydrogen (secondary N) is 2. The van der Waals surface area contributed by atoms with Crippen molar-refractivity contribution >= 4 is 5.96 Å². The average molecular weight is 436 g/mol. The van der Waals surface area contributed by atoms with Crippen LogP contribution in [0.1, 0.15) is 38.0 Å². The Balaban J connectivity index is 1.96. The number of hydrogen-bond donors (Lipinski definition) is 3. The monoisotopic (exact) mass is 435 g/mol. The number of rotatable bonds is 11. The fraction of sp³-hybridized carbons (Fsp3) is 0.435. The maximum atomic E-state index is 12.3. The zero-order chi connectivity index (χ0) is 22.6. The van der Waals surface area contributed by atoms with Crippen LogP contribution in [-0.4, -0.2) is 43.3 Å². The van der Waals surface area contributed by atoms with Crippen LogP contribution >= 0.6 is 0 Å². The molecule has 0 aromatic heterocycles. The second kappa shape index (κ2) is 12.7. The van der Waals surface area contributed by atoms with Crippen molar-refractivity contribution < 1.29 is 23.4 Å². The highest BCUT2D eigenvalue weighted by Gasteiger charge is 2.10. The van der Waals surface area contributed by atoms with Crippen LogP contribution in [-0.2, 0) is 6.54 Å². The summed E-state index contributed by atoms with van der Waals surface area (Å²) in [6.45, 7) is 6.44. The Labute approximate surface area is 182 Å². The second-order valence-corrected chi connectivity index (χ2v) is 7.18. The highest BCUT2D eigenvalue weighted by Crippen LogP contribution is 2.20. The van der Waals surface area contributed by atoms with Crippen LogP contribution in [0.15, 0.2) is 53.5 Å². The first-order valence-electron chi connectivity index (χ1n) is 10.3. The molecule has 0 saturated carbocycles. The molecule has 0 aliphatic carbocycles. The van der Waals surface area contributed by atoms with Crippen LogP contribution in [0.4, 0.5) is 8.78 Å². The topological polar surface area (TPSA) is 75.1 Å². The minimum atomic E-state index is -2.52. The van der Waals surface area contributed by atoms with Gasteiger partial charge < -0.3 is 25.2 Å². The fourth-order valence-corrected chi connectivity index (χ4v) is 2.78. The van der Waals surface area contributed by atoms with Crippen LogP contribution in [0.3, 0.4) is 0 Å². The van der Waals surface area contributed by atoms with Crippen LogP contribution in [0.25, 0.3) is 0 Å². The van der Waals surface area contributed by atoms with Crippen LogP contribution in [0.5, 0.6) is 11.5 Å². The van der Waals surface area contributed by atoms with Gasteiger partial charge in [-0.3, -0.25) is 0 Å². The standard InChI is InChI=1S/C23H31F2N3O3/c1-4-26-23(27-13-17-7-5-9-19(11-17)30-15-22(24)25)28-14-21(29)18-8-6-10-20(12-18)31-16(2)3/h5-12,16,21-22,29H,4,13-15H2,1-3H3,(H2,26,27,28). The molecule has 2 rings (SSSR count). The Bertz CT molecular complexity index is 831. The van der Waals surface area contributed by atoms with Crippen LogP contribution in [0.2, 0.25) is 0 Å². The van der Waals surface area contributed by atoms with Crippen molar-refractivity contribution in [1.82, 2.24) is 10.6 Å². The average Bonchev–Trinajstić information content (AvgIpc) is 2.74. The van der Waals surface area contributed by atoms with Gasteiger partial charge in [-0.15, -0.1) is 0 Å². The second-order valence-electron chi connectivity index (χ2n) is 7.18. The van der Waals surface area contributed by atoms with Crippen molar-refractivity contribution in [2.24, 2.45) is 4.99 Å². The lowest BCUT2D eigenvalue weighted by atomic mass is 10.1. The molecule has 1 unspecified atom stereocenters. The van der Waals surface area contributed by atoms with Gasteiger partial charge in [0.05, 0.1) is 18.8 Å². The zero-order valence-corrected chi connectivity index (χ0v) is 18.1. The molecule has 1 atom stereocenters. The number of aliphatic hydroxyl groups is 1. The lowest BCUT2D eigenvalue weighted by Gasteiger charge is -2.17. The molecule has 2 aromatic carbocycles. The first kappa shape index (κ1) is 24.4. The van der Waals surface area contributed by atoms with E-state index < -0.39 is 19.1 Å². The molecule has 6 nitrogen and oxygen atoms in total. The summed E-state index contributed by atoms with van der Waals surface area (Å²) in [7, 11) is 0. The first-order chi connectivity index (χ1) is 14.9. The van der Waals surface area contributed by atoms with E-state index in [2.05, 4.69) is 15.6 Å². The third-order valence-electron chi connectivity index (χ3n) is 4.12. The van der Waals surface area contributed by atoms with Crippen molar-refractivity contribution in [3.05, 3.63) is 59.7 Å². The van der Waals surface area contributed by atoms with Crippen molar-refractivity contribution in [3.8, 4) is 11.5 Å². The molecular weight excluding hydrogens is 404 g/mol. The molecule has 3 N–H and O–H groups in total. The minimum Gasteiger partial charge on any atom is -0.491 e. The van der Waals surface area contributed by atoms with Gasteiger partial charge in [0.1, 0.15) is 18.1 Å². The van der Waals surface area contributed by atoms with Gasteiger partial charge in [0, 0.05) is 13.1 Å². The number of aliphatic hydroxyl groups excluding tert-OH is 1. The molecule has 31 heavy (non-hydrogen) atoms. The summed E-state index contributed by atoms with van der Waals surface area (Å²) in [6.07, 6.45) is -3.21. The largest absolute Gasteiger partial charge is 0.491 e. The fourth-order valence-electron chi connectivity index (χ4n) is 2.78. The maximum absolute atomic E-state index is 12.3. The van der Waals surface area contributed by atoms with Gasteiger partial charge in [-0.25, -0.2) is 13.8 Å². The predicted octanol–water partition coefficient (Wildman–Crippen LogP) is 3.91. The summed E-state index contributed by atoms with van der Waals surface area (Å²) in [5.74, 6) is 1.63. The molecule has 0 spiro atoms. The van der Waals surface area contributed by atoms with Crippen molar-refractivity contribution in [2.45, 2.75) is 45.9 Å². The van der Waals surface area contributed by atoms with E-state index in [9.17, 15) is 13.9 Å². The molecule has 0 heterocycles. The van der Waals surface area contributed by atoms with E-state index in [1.54, 1.807) is 18.2 Å². The predicted molar refractivity (Wildman–Crippen MR) is 118 cm³/mol. The molecule has 8 heteroatoms. The Morgan fingerprint density at radius 3 is 2.52 bits per heavy atom. The molecule has 0 fully saturated rings. The van der Waals surface area contributed by atoms with Gasteiger partial charge in [-0.05, 0) is 56.2 Å². The van der Waals surface area contributed by atoms with Crippen LogP contribution in [0, 0.1) is 0 Å². The maximum Gasteiger partial charge on any atom is 0.272 e. The van der Waals surface area contributed by atoms with Gasteiger partial charge in [0.15, 0.2) is 5.96 Å². The molecule has 0 bridgehead atoms. The highest BCUT2D eigenvalue weighted by molar-refractivity contribution is 5.79. The molecule has 170 valence electrons. The summed E-state index contributed by atoms with van der Waals surface area (Å²) in [4.78, 5) is 4.50. The smallest absolute Gasteiger partial charge is 0.272 e. The summed E-state index contributed by atoms with van der Waals surface area (Å²) in [5.41, 5.74) is 1.56. The number of nitrogens with zero attached hydrogens (tertiary/aromatic N) is 1. The van der Waals surface area contributed by atoms with E-state index in [1.807, 2.05) is 51.1 Å². The Morgan fingerprint density at radius 1 is 1.06 bits per heavy atom. The molecule has 2 aromatic rings. The van der Waals surface area contributed by atoms with Crippen LogP contribution < -0.4 is 20.1 Å². The highest BCUT2D eigenvalue weighted by atomic mass is 19.3. The van der Waals surface area contributed by atoms with Gasteiger partial charge >= 0.3 is 0 Å². The SMILES string of the molecule is CCNC(=NCc1cccc(OCC(F)F)c1)NCC(O)c1cccc(OC(C)C)c1. The van der Waals surface area contributed by atoms with Crippen molar-refractivity contribution in [1.29, 1.82) is 0 Å². The van der Waals surface area contributed by atoms with E-state index in [1.165, 1.54) is 0 Å². The zero-order valence-electron chi connectivity index (χ0n) is 18.1. The Kier molecular flexibility index (Phi) is 10.0. The number of halogens is 2. The van der Waals surface area contributed by atoms with Gasteiger partial charge in [-0.1, -0.05) is 24.3 Å². The third-order valence-corrected chi connectivity index (χ3v) is 4.12. The van der Waals surface area contributed by atoms with Gasteiger partial charge in [0.25, 0.3) is 6.43 Å². The third kappa shape index (κ3) is 9.21. The lowest BCUT2D eigenvalue weighted by Crippen LogP contribution is -2.39. The van der Waals surface area contributed by atoms with Gasteiger partial charge in [0.2, 0.25) is 0 Å². The number of ether oxygens (including phenoxy) is 2. The van der Waals surface area contributed by atoms with E-state index in [0.29, 0.717) is 30.5 Å². The Morgan fingerprint density at radius 2 is 1.81 bits per heavy atom. The van der Waals surface area contributed by atoms with Gasteiger partial charge in [-0.2, -0.15) is 0 Å². The summed E-state index contributed by atoms with van der Waals surface area (Å²) < 4.78 is 35.4. The molecular formula is C23H31F2N3O3. The molecule has 0 amide bonds. The minimum absolute atomic E-state index is 0.0530. The number of aliphatic imine (C=N–C) groups is 1. The van der Waals surface area contributed by atoms with Crippen molar-refractivity contribution in [3.63, 3.8) is 0 Å². The van der Waals surface area contributed by atoms with E-state index in [0.717, 1.165) is 11.1 Å². The van der Waals surface area contributed by atoms with E-state index in [-0.39, 0.29) is 12.6 Å². The lowest BCUT2D eigenvalue weighted by molar-refractivity contribution is 0.0818. The van der Waals surface area contributed by atoms with Crippen molar-refractivity contribution in [2.75, 3.05) is 19.7 Å². The number of hydrogen-bond acceptors (Lipinski definition) is 4. The van der Waals surface area contributed by atoms with E-state index in [4.69, 9.17) is 9.47 Å². The molecule has 0 aliphatic heterocycles. The molecule has 0 radical (unpaired) electrons. The summed E-state index contributed by atoms with van der Waals surface area (Å²) in [5, 5.41) is 16.8.